The molecule has 0 bridgehead atoms. The molecule has 6 heterocycles. The van der Waals surface area contributed by atoms with Gasteiger partial charge < -0.3 is 27.8 Å². The number of hydrogen-bond donors (Lipinski definition) is 0. The fourth-order valence-corrected chi connectivity index (χ4v) is 7.72. The van der Waals surface area contributed by atoms with Crippen LogP contribution in [-0.2, 0) is 21.1 Å². The Labute approximate surface area is 327 Å². The van der Waals surface area contributed by atoms with Gasteiger partial charge in [-0.15, -0.1) is 42.7 Å². The summed E-state index contributed by atoms with van der Waals surface area (Å²) in [6, 6.07) is 49.4. The molecule has 0 unspecified atom stereocenters. The number of rotatable bonds is 5. The van der Waals surface area contributed by atoms with Gasteiger partial charge in [0.05, 0.1) is 22.4 Å². The van der Waals surface area contributed by atoms with Crippen LogP contribution in [0.3, 0.4) is 0 Å². The van der Waals surface area contributed by atoms with Crippen molar-refractivity contribution in [2.24, 2.45) is 0 Å². The third-order valence-corrected chi connectivity index (χ3v) is 10.1. The fourth-order valence-electron chi connectivity index (χ4n) is 7.72. The molecule has 55 heavy (non-hydrogen) atoms. The molecule has 0 amide bonds. The molecule has 266 valence electrons. The third-order valence-electron chi connectivity index (χ3n) is 10.1. The van der Waals surface area contributed by atoms with Crippen molar-refractivity contribution in [1.29, 1.82) is 0 Å². The van der Waals surface area contributed by atoms with Gasteiger partial charge in [0.25, 0.3) is 0 Å². The number of nitrogens with zero attached hydrogens (tertiary/aromatic N) is 6. The molecular formula is C45H25N6O3Pt-3. The van der Waals surface area contributed by atoms with Crippen molar-refractivity contribution in [2.75, 3.05) is 9.80 Å². The molecular weight excluding hydrogens is 868 g/mol. The Bertz CT molecular complexity index is 3310. The zero-order valence-corrected chi connectivity index (χ0v) is 30.9. The van der Waals surface area contributed by atoms with Crippen LogP contribution < -0.4 is 14.5 Å². The van der Waals surface area contributed by atoms with Crippen LogP contribution in [0.15, 0.2) is 155 Å². The number of fused-ring (bicyclic) bond motifs is 12. The number of para-hydroxylation sites is 4. The molecule has 0 N–H and O–H groups in total. The van der Waals surface area contributed by atoms with Crippen LogP contribution in [-0.4, -0.2) is 18.9 Å². The number of aromatic nitrogens is 4. The maximum Gasteiger partial charge on any atom is 0.208 e. The summed E-state index contributed by atoms with van der Waals surface area (Å²) in [5.41, 5.74) is 8.33. The summed E-state index contributed by atoms with van der Waals surface area (Å²) in [6.45, 7) is 2.03. The average Bonchev–Trinajstić information content (AvgIpc) is 4.05. The van der Waals surface area contributed by atoms with Gasteiger partial charge >= 0.3 is 0 Å². The number of imidazole rings is 2. The summed E-state index contributed by atoms with van der Waals surface area (Å²) in [6.07, 6.45) is 5.82. The molecule has 0 fully saturated rings. The minimum absolute atomic E-state index is 0. The Morgan fingerprint density at radius 1 is 0.655 bits per heavy atom. The summed E-state index contributed by atoms with van der Waals surface area (Å²) >= 11 is 0. The van der Waals surface area contributed by atoms with Crippen LogP contribution >= 0.6 is 0 Å². The summed E-state index contributed by atoms with van der Waals surface area (Å²) in [7, 11) is 0. The Kier molecular flexibility index (Phi) is 6.97. The Hall–Kier alpha value is -6.83. The summed E-state index contributed by atoms with van der Waals surface area (Å²) < 4.78 is 23.9. The van der Waals surface area contributed by atoms with Gasteiger partial charge in [0.15, 0.2) is 0 Å². The van der Waals surface area contributed by atoms with Crippen LogP contribution in [0.4, 0.5) is 11.4 Å². The van der Waals surface area contributed by atoms with Crippen LogP contribution in [0.1, 0.15) is 0 Å². The number of benzene rings is 6. The van der Waals surface area contributed by atoms with Crippen LogP contribution in [0.2, 0.25) is 0 Å². The van der Waals surface area contributed by atoms with Crippen molar-refractivity contribution in [3.63, 3.8) is 0 Å². The van der Waals surface area contributed by atoms with Gasteiger partial charge in [0, 0.05) is 54.9 Å². The second-order valence-electron chi connectivity index (χ2n) is 13.2. The normalized spacial score (nSPS) is 13.1. The first kappa shape index (κ1) is 31.7. The third kappa shape index (κ3) is 4.76. The molecule has 9 nitrogen and oxygen atoms in total. The molecule has 0 atom stereocenters. The second-order valence-corrected chi connectivity index (χ2v) is 13.2. The Morgan fingerprint density at radius 3 is 2.33 bits per heavy atom. The summed E-state index contributed by atoms with van der Waals surface area (Å²) in [5.74, 6) is 2.39. The molecule has 0 radical (unpaired) electrons. The van der Waals surface area contributed by atoms with Gasteiger partial charge in [-0.05, 0) is 78.0 Å². The zero-order chi connectivity index (χ0) is 35.3. The Balaban J connectivity index is 0.00000352. The van der Waals surface area contributed by atoms with E-state index in [0.29, 0.717) is 17.1 Å². The van der Waals surface area contributed by atoms with Crippen molar-refractivity contribution in [2.45, 2.75) is 0 Å². The number of anilines is 2. The molecule has 5 aromatic heterocycles. The van der Waals surface area contributed by atoms with Gasteiger partial charge in [0.1, 0.15) is 22.6 Å². The maximum atomic E-state index is 6.80. The minimum Gasteiger partial charge on any atom is -0.512 e. The van der Waals surface area contributed by atoms with Gasteiger partial charge in [-0.2, -0.15) is 0 Å². The monoisotopic (exact) mass is 892 g/mol. The Morgan fingerprint density at radius 2 is 1.44 bits per heavy atom. The first-order chi connectivity index (χ1) is 26.7. The van der Waals surface area contributed by atoms with E-state index in [-0.39, 0.29) is 21.1 Å². The molecule has 11 aromatic rings. The van der Waals surface area contributed by atoms with Crippen LogP contribution in [0.5, 0.6) is 11.5 Å². The van der Waals surface area contributed by atoms with E-state index in [1.165, 1.54) is 0 Å². The van der Waals surface area contributed by atoms with Gasteiger partial charge in [-0.1, -0.05) is 60.0 Å². The predicted molar refractivity (Wildman–Crippen MR) is 211 cm³/mol. The smallest absolute Gasteiger partial charge is 0.208 e. The van der Waals surface area contributed by atoms with E-state index in [2.05, 4.69) is 51.8 Å². The van der Waals surface area contributed by atoms with E-state index in [9.17, 15) is 0 Å². The van der Waals surface area contributed by atoms with Crippen molar-refractivity contribution in [3.05, 3.63) is 165 Å². The SMILES string of the molecule is [Pt].[c-]1c(N2C=CN(c3ccccc3)[CH-]2)cc2c(oc3ccc4oc5ccccc5c4c32)c1Oc1[c-]c2c(cc1)n1c3ccccc3nc1n2-c1ccccn1. The van der Waals surface area contributed by atoms with Crippen LogP contribution in [0, 0.1) is 18.8 Å². The van der Waals surface area contributed by atoms with Crippen molar-refractivity contribution < 1.29 is 34.6 Å². The topological polar surface area (TPSA) is 77.1 Å². The number of furan rings is 2. The van der Waals surface area contributed by atoms with Crippen molar-refractivity contribution in [1.82, 2.24) is 18.9 Å². The summed E-state index contributed by atoms with van der Waals surface area (Å²) in [5, 5.41) is 3.85. The van der Waals surface area contributed by atoms with E-state index < -0.39 is 0 Å². The maximum absolute atomic E-state index is 6.80. The molecule has 1 aliphatic heterocycles. The molecule has 6 aromatic carbocycles. The van der Waals surface area contributed by atoms with E-state index >= 15 is 0 Å². The molecule has 0 aliphatic carbocycles. The number of ether oxygens (including phenoxy) is 1. The summed E-state index contributed by atoms with van der Waals surface area (Å²) in [4.78, 5) is 13.8. The number of pyridine rings is 1. The predicted octanol–water partition coefficient (Wildman–Crippen LogP) is 10.9. The van der Waals surface area contributed by atoms with Gasteiger partial charge in [0.2, 0.25) is 5.78 Å². The molecule has 0 saturated carbocycles. The van der Waals surface area contributed by atoms with Gasteiger partial charge in [-0.3, -0.25) is 4.57 Å². The molecule has 12 rings (SSSR count). The minimum atomic E-state index is 0. The van der Waals surface area contributed by atoms with Gasteiger partial charge in [-0.25, -0.2) is 9.97 Å². The first-order valence-corrected chi connectivity index (χ1v) is 17.6. The van der Waals surface area contributed by atoms with E-state index in [1.54, 1.807) is 6.20 Å². The molecule has 10 heteroatoms. The van der Waals surface area contributed by atoms with Crippen LogP contribution in [0.25, 0.3) is 77.5 Å². The molecule has 0 spiro atoms. The standard InChI is InChI=1S/C45H25N6O3.Pt/c1-2-10-28(11-3-1)48-22-23-49(27-48)29-24-32-43-39(20-19-38-42(43)31-12-4-7-15-37(31)53-38)54-44(32)40(25-29)52-30-17-18-35-36(26-30)51(41-16-8-9-21-46-41)45-47-33-13-5-6-14-34(33)50(35)45;/h1-24,27H;/q-3;. The largest absolute Gasteiger partial charge is 0.512 e. The first-order valence-electron chi connectivity index (χ1n) is 17.6. The molecule has 1 aliphatic rings. The van der Waals surface area contributed by atoms with Crippen molar-refractivity contribution in [3.8, 4) is 17.3 Å². The quantitative estimate of drug-likeness (QED) is 0.159. The number of hydrogen-bond acceptors (Lipinski definition) is 7. The second kappa shape index (κ2) is 12.1. The zero-order valence-electron chi connectivity index (χ0n) is 28.7. The van der Waals surface area contributed by atoms with E-state index in [1.807, 2.05) is 126 Å². The van der Waals surface area contributed by atoms with Crippen molar-refractivity contribution >= 4 is 83.1 Å². The molecule has 0 saturated heterocycles. The van der Waals surface area contributed by atoms with E-state index in [4.69, 9.17) is 23.5 Å². The van der Waals surface area contributed by atoms with E-state index in [0.717, 1.165) is 83.3 Å². The average molecular weight is 893 g/mol. The fraction of sp³-hybridized carbons (Fsp3) is 0.